The van der Waals surface area contributed by atoms with Crippen LogP contribution in [0.4, 0.5) is 0 Å². The fourth-order valence-electron chi connectivity index (χ4n) is 3.93. The van der Waals surface area contributed by atoms with Crippen molar-refractivity contribution in [3.05, 3.63) is 35.4 Å². The van der Waals surface area contributed by atoms with Crippen molar-refractivity contribution < 1.29 is 9.59 Å². The molecule has 4 rings (SSSR count). The molecule has 0 unspecified atom stereocenters. The van der Waals surface area contributed by atoms with E-state index >= 15 is 0 Å². The van der Waals surface area contributed by atoms with Gasteiger partial charge in [0.1, 0.15) is 5.78 Å². The summed E-state index contributed by atoms with van der Waals surface area (Å²) in [6.07, 6.45) is 3.16. The Hall–Kier alpha value is -1.68. The second kappa shape index (κ2) is 6.32. The lowest BCUT2D eigenvalue weighted by molar-refractivity contribution is -0.134. The fourth-order valence-corrected chi connectivity index (χ4v) is 3.93. The minimum absolute atomic E-state index is 0.172. The van der Waals surface area contributed by atoms with Gasteiger partial charge in [0.2, 0.25) is 5.91 Å². The maximum atomic E-state index is 12.7. The third-order valence-corrected chi connectivity index (χ3v) is 5.79. The summed E-state index contributed by atoms with van der Waals surface area (Å²) in [6, 6.07) is 8.41. The first-order valence-electron chi connectivity index (χ1n) is 9.23. The van der Waals surface area contributed by atoms with Crippen LogP contribution in [0.15, 0.2) is 24.3 Å². The molecule has 1 saturated heterocycles. The number of hydrogen-bond acceptors (Lipinski definition) is 3. The third kappa shape index (κ3) is 3.25. The highest BCUT2D eigenvalue weighted by Crippen LogP contribution is 2.49. The van der Waals surface area contributed by atoms with Gasteiger partial charge in [-0.15, -0.1) is 0 Å². The van der Waals surface area contributed by atoms with Gasteiger partial charge in [0, 0.05) is 38.0 Å². The number of Topliss-reactive ketones (excluding diaryl/α,β-unsaturated/α-hetero) is 1. The minimum Gasteiger partial charge on any atom is -0.340 e. The molecule has 1 amide bonds. The zero-order valence-electron chi connectivity index (χ0n) is 14.4. The third-order valence-electron chi connectivity index (χ3n) is 5.79. The molecule has 0 bridgehead atoms. The molecule has 0 radical (unpaired) electrons. The zero-order chi connectivity index (χ0) is 16.7. The van der Waals surface area contributed by atoms with Crippen LogP contribution in [-0.2, 0) is 9.59 Å². The highest BCUT2D eigenvalue weighted by atomic mass is 16.2. The van der Waals surface area contributed by atoms with E-state index in [-0.39, 0.29) is 5.92 Å². The van der Waals surface area contributed by atoms with Crippen LogP contribution in [0.2, 0.25) is 0 Å². The highest BCUT2D eigenvalue weighted by Gasteiger charge is 2.46. The van der Waals surface area contributed by atoms with Crippen LogP contribution in [0.25, 0.3) is 0 Å². The second-order valence-electron chi connectivity index (χ2n) is 7.65. The summed E-state index contributed by atoms with van der Waals surface area (Å²) >= 11 is 0. The Balaban J connectivity index is 1.28. The predicted octanol–water partition coefficient (Wildman–Crippen LogP) is 2.22. The molecule has 24 heavy (non-hydrogen) atoms. The average Bonchev–Trinajstić information content (AvgIpc) is 3.48. The molecule has 1 heterocycles. The normalized spacial score (nSPS) is 27.1. The maximum absolute atomic E-state index is 12.7. The van der Waals surface area contributed by atoms with Crippen LogP contribution in [-0.4, -0.2) is 54.2 Å². The van der Waals surface area contributed by atoms with Crippen molar-refractivity contribution in [3.63, 3.8) is 0 Å². The Morgan fingerprint density at radius 3 is 2.46 bits per heavy atom. The number of carbonyl (C=O) groups is 2. The van der Waals surface area contributed by atoms with Gasteiger partial charge in [-0.05, 0) is 43.2 Å². The Kier molecular flexibility index (Phi) is 4.17. The van der Waals surface area contributed by atoms with Crippen molar-refractivity contribution in [1.29, 1.82) is 0 Å². The number of nitrogens with zero attached hydrogens (tertiary/aromatic N) is 2. The van der Waals surface area contributed by atoms with Crippen molar-refractivity contribution >= 4 is 11.7 Å². The molecule has 3 aliphatic rings. The molecule has 1 aliphatic heterocycles. The number of ketones is 1. The van der Waals surface area contributed by atoms with E-state index in [2.05, 4.69) is 36.1 Å². The Morgan fingerprint density at radius 1 is 1.08 bits per heavy atom. The summed E-state index contributed by atoms with van der Waals surface area (Å²) in [5.41, 5.74) is 2.63. The van der Waals surface area contributed by atoms with E-state index in [0.717, 1.165) is 45.4 Å². The maximum Gasteiger partial charge on any atom is 0.226 e. The van der Waals surface area contributed by atoms with E-state index in [1.54, 1.807) is 0 Å². The SMILES string of the molecule is Cc1ccccc1[C@H]1C[C@@H]1C(=O)N1CCN(CC(=O)C2CC2)CC1. The number of rotatable bonds is 5. The van der Waals surface area contributed by atoms with Crippen LogP contribution >= 0.6 is 0 Å². The lowest BCUT2D eigenvalue weighted by atomic mass is 10.0. The van der Waals surface area contributed by atoms with Crippen molar-refractivity contribution in [2.24, 2.45) is 11.8 Å². The Labute approximate surface area is 143 Å². The largest absolute Gasteiger partial charge is 0.340 e. The standard InChI is InChI=1S/C20H26N2O2/c1-14-4-2-3-5-16(14)17-12-18(17)20(24)22-10-8-21(9-11-22)13-19(23)15-6-7-15/h2-5,15,17-18H,6-13H2,1H3/t17-,18+/m1/s1. The Morgan fingerprint density at radius 2 is 1.79 bits per heavy atom. The Bertz CT molecular complexity index is 645. The summed E-state index contributed by atoms with van der Waals surface area (Å²) in [7, 11) is 0. The lowest BCUT2D eigenvalue weighted by Gasteiger charge is -2.34. The van der Waals surface area contributed by atoms with Gasteiger partial charge in [-0.2, -0.15) is 0 Å². The number of aryl methyl sites for hydroxylation is 1. The van der Waals surface area contributed by atoms with Gasteiger partial charge in [-0.25, -0.2) is 0 Å². The number of carbonyl (C=O) groups excluding carboxylic acids is 2. The lowest BCUT2D eigenvalue weighted by Crippen LogP contribution is -2.50. The van der Waals surface area contributed by atoms with Gasteiger partial charge >= 0.3 is 0 Å². The van der Waals surface area contributed by atoms with E-state index in [4.69, 9.17) is 0 Å². The topological polar surface area (TPSA) is 40.6 Å². The molecule has 4 nitrogen and oxygen atoms in total. The summed E-state index contributed by atoms with van der Waals surface area (Å²) < 4.78 is 0. The van der Waals surface area contributed by atoms with Gasteiger partial charge in [-0.1, -0.05) is 24.3 Å². The first-order valence-corrected chi connectivity index (χ1v) is 9.23. The van der Waals surface area contributed by atoms with Gasteiger partial charge in [0.15, 0.2) is 0 Å². The number of benzene rings is 1. The van der Waals surface area contributed by atoms with Crippen LogP contribution < -0.4 is 0 Å². The first-order chi connectivity index (χ1) is 11.6. The number of hydrogen-bond donors (Lipinski definition) is 0. The summed E-state index contributed by atoms with van der Waals surface area (Å²) in [4.78, 5) is 28.9. The van der Waals surface area contributed by atoms with Crippen LogP contribution in [0.3, 0.4) is 0 Å². The zero-order valence-corrected chi connectivity index (χ0v) is 14.4. The molecular weight excluding hydrogens is 300 g/mol. The van der Waals surface area contributed by atoms with Gasteiger partial charge < -0.3 is 4.90 Å². The molecule has 0 spiro atoms. The van der Waals surface area contributed by atoms with Crippen molar-refractivity contribution in [2.75, 3.05) is 32.7 Å². The van der Waals surface area contributed by atoms with E-state index in [0.29, 0.717) is 30.1 Å². The van der Waals surface area contributed by atoms with E-state index in [9.17, 15) is 9.59 Å². The predicted molar refractivity (Wildman–Crippen MR) is 92.8 cm³/mol. The van der Waals surface area contributed by atoms with Gasteiger partial charge in [0.25, 0.3) is 0 Å². The van der Waals surface area contributed by atoms with Crippen molar-refractivity contribution in [3.8, 4) is 0 Å². The van der Waals surface area contributed by atoms with Crippen molar-refractivity contribution in [1.82, 2.24) is 9.80 Å². The molecule has 4 heteroatoms. The van der Waals surface area contributed by atoms with Crippen LogP contribution in [0, 0.1) is 18.8 Å². The molecule has 1 aromatic rings. The van der Waals surface area contributed by atoms with Crippen molar-refractivity contribution in [2.45, 2.75) is 32.1 Å². The molecule has 1 aromatic carbocycles. The second-order valence-corrected chi connectivity index (χ2v) is 7.65. The van der Waals surface area contributed by atoms with E-state index in [1.807, 2.05) is 4.90 Å². The minimum atomic E-state index is 0.172. The summed E-state index contributed by atoms with van der Waals surface area (Å²) in [5.74, 6) is 1.64. The fraction of sp³-hybridized carbons (Fsp3) is 0.600. The summed E-state index contributed by atoms with van der Waals surface area (Å²) in [6.45, 7) is 5.94. The number of piperazine rings is 1. The molecule has 128 valence electrons. The van der Waals surface area contributed by atoms with Gasteiger partial charge in [-0.3, -0.25) is 14.5 Å². The molecule has 0 N–H and O–H groups in total. The first kappa shape index (κ1) is 15.8. The van der Waals surface area contributed by atoms with Crippen LogP contribution in [0.5, 0.6) is 0 Å². The van der Waals surface area contributed by atoms with Crippen LogP contribution in [0.1, 0.15) is 36.3 Å². The number of amides is 1. The molecule has 2 aliphatic carbocycles. The molecule has 2 saturated carbocycles. The molecule has 0 aromatic heterocycles. The van der Waals surface area contributed by atoms with Gasteiger partial charge in [0.05, 0.1) is 6.54 Å². The highest BCUT2D eigenvalue weighted by molar-refractivity contribution is 5.85. The summed E-state index contributed by atoms with van der Waals surface area (Å²) in [5, 5.41) is 0. The smallest absolute Gasteiger partial charge is 0.226 e. The van der Waals surface area contributed by atoms with E-state index in [1.165, 1.54) is 11.1 Å². The molecular formula is C20H26N2O2. The average molecular weight is 326 g/mol. The monoisotopic (exact) mass is 326 g/mol. The molecule has 3 fully saturated rings. The molecule has 2 atom stereocenters. The van der Waals surface area contributed by atoms with E-state index < -0.39 is 0 Å². The quantitative estimate of drug-likeness (QED) is 0.833.